The van der Waals surface area contributed by atoms with Crippen molar-refractivity contribution in [3.05, 3.63) is 59.2 Å². The third-order valence-electron chi connectivity index (χ3n) is 5.35. The normalized spacial score (nSPS) is 16.6. The molecule has 0 aliphatic carbocycles. The predicted molar refractivity (Wildman–Crippen MR) is 118 cm³/mol. The van der Waals surface area contributed by atoms with E-state index in [4.69, 9.17) is 4.74 Å². The van der Waals surface area contributed by atoms with Gasteiger partial charge in [0.1, 0.15) is 0 Å². The van der Waals surface area contributed by atoms with E-state index in [1.54, 1.807) is 42.2 Å². The predicted octanol–water partition coefficient (Wildman–Crippen LogP) is 3.52. The number of hydrogen-bond donors (Lipinski definition) is 1. The summed E-state index contributed by atoms with van der Waals surface area (Å²) < 4.78 is 33.4. The first-order valence-corrected chi connectivity index (χ1v) is 11.8. The van der Waals surface area contributed by atoms with Gasteiger partial charge in [-0.05, 0) is 62.4 Å². The van der Waals surface area contributed by atoms with Crippen LogP contribution in [0.2, 0.25) is 0 Å². The summed E-state index contributed by atoms with van der Waals surface area (Å²) in [6.45, 7) is 6.62. The highest BCUT2D eigenvalue weighted by atomic mass is 32.2. The Bertz CT molecular complexity index is 1060. The molecule has 1 heterocycles. The molecule has 166 valence electrons. The number of carbonyl (C=O) groups excluding carboxylic acids is 2. The van der Waals surface area contributed by atoms with E-state index in [9.17, 15) is 18.0 Å². The zero-order valence-electron chi connectivity index (χ0n) is 18.1. The molecule has 0 aromatic heterocycles. The van der Waals surface area contributed by atoms with Gasteiger partial charge >= 0.3 is 5.97 Å². The lowest BCUT2D eigenvalue weighted by atomic mass is 10.0. The fourth-order valence-corrected chi connectivity index (χ4v) is 4.90. The zero-order valence-corrected chi connectivity index (χ0v) is 18.9. The van der Waals surface area contributed by atoms with Gasteiger partial charge in [-0.1, -0.05) is 30.7 Å². The van der Waals surface area contributed by atoms with Crippen LogP contribution in [0.3, 0.4) is 0 Å². The minimum atomic E-state index is -3.90. The van der Waals surface area contributed by atoms with E-state index in [0.29, 0.717) is 30.3 Å². The average molecular weight is 445 g/mol. The highest BCUT2D eigenvalue weighted by Gasteiger charge is 2.23. The number of anilines is 1. The van der Waals surface area contributed by atoms with Gasteiger partial charge in [-0.3, -0.25) is 9.52 Å². The lowest BCUT2D eigenvalue weighted by Gasteiger charge is -2.30. The number of benzene rings is 2. The maximum atomic E-state index is 12.9. The van der Waals surface area contributed by atoms with E-state index in [1.165, 1.54) is 12.1 Å². The molecule has 1 amide bonds. The van der Waals surface area contributed by atoms with Gasteiger partial charge in [0.15, 0.2) is 6.61 Å². The van der Waals surface area contributed by atoms with Crippen molar-refractivity contribution >= 4 is 27.6 Å². The zero-order chi connectivity index (χ0) is 22.6. The van der Waals surface area contributed by atoms with E-state index in [2.05, 4.69) is 11.6 Å². The molecule has 0 spiro atoms. The van der Waals surface area contributed by atoms with Gasteiger partial charge in [0, 0.05) is 18.8 Å². The van der Waals surface area contributed by atoms with Gasteiger partial charge in [-0.2, -0.15) is 0 Å². The number of amides is 1. The Morgan fingerprint density at radius 2 is 1.84 bits per heavy atom. The van der Waals surface area contributed by atoms with Gasteiger partial charge < -0.3 is 9.64 Å². The number of aryl methyl sites for hydroxylation is 2. The van der Waals surface area contributed by atoms with Gasteiger partial charge in [-0.15, -0.1) is 0 Å². The van der Waals surface area contributed by atoms with Crippen molar-refractivity contribution in [1.82, 2.24) is 4.90 Å². The van der Waals surface area contributed by atoms with E-state index >= 15 is 0 Å². The van der Waals surface area contributed by atoms with Gasteiger partial charge in [0.25, 0.3) is 15.9 Å². The van der Waals surface area contributed by atoms with Crippen LogP contribution in [0.1, 0.15) is 41.3 Å². The fraction of sp³-hybridized carbons (Fsp3) is 0.391. The van der Waals surface area contributed by atoms with Crippen LogP contribution in [-0.4, -0.2) is 44.9 Å². The van der Waals surface area contributed by atoms with E-state index in [-0.39, 0.29) is 23.0 Å². The second-order valence-corrected chi connectivity index (χ2v) is 9.77. The van der Waals surface area contributed by atoms with Crippen LogP contribution in [0.5, 0.6) is 0 Å². The number of piperidine rings is 1. The molecular weight excluding hydrogens is 416 g/mol. The number of nitrogens with one attached hydrogen (secondary N) is 1. The molecule has 2 aromatic carbocycles. The van der Waals surface area contributed by atoms with Gasteiger partial charge in [-0.25, -0.2) is 13.2 Å². The molecule has 1 aliphatic heterocycles. The molecule has 1 N–H and O–H groups in total. The first kappa shape index (κ1) is 22.8. The van der Waals surface area contributed by atoms with E-state index in [1.807, 2.05) is 6.92 Å². The summed E-state index contributed by atoms with van der Waals surface area (Å²) in [5, 5.41) is 0. The smallest absolute Gasteiger partial charge is 0.338 e. The number of hydrogen-bond acceptors (Lipinski definition) is 5. The van der Waals surface area contributed by atoms with Crippen LogP contribution in [0.15, 0.2) is 47.4 Å². The summed E-state index contributed by atoms with van der Waals surface area (Å²) >= 11 is 0. The van der Waals surface area contributed by atoms with Crippen LogP contribution < -0.4 is 4.72 Å². The van der Waals surface area contributed by atoms with E-state index < -0.39 is 16.0 Å². The summed E-state index contributed by atoms with van der Waals surface area (Å²) in [5.74, 6) is -0.537. The van der Waals surface area contributed by atoms with Crippen LogP contribution in [0.25, 0.3) is 0 Å². The highest BCUT2D eigenvalue weighted by Crippen LogP contribution is 2.22. The molecule has 0 radical (unpaired) electrons. The quantitative estimate of drug-likeness (QED) is 0.688. The molecule has 1 fully saturated rings. The molecule has 2 aromatic rings. The Hall–Kier alpha value is -2.87. The molecule has 1 saturated heterocycles. The molecule has 1 atom stereocenters. The SMILES string of the molecule is Cc1ccc(NS(=O)(=O)c2cc(C(=O)OCC(=O)N3CCCC(C)C3)ccc2C)cc1. The molecule has 0 bridgehead atoms. The number of likely N-dealkylation sites (tertiary alicyclic amines) is 1. The van der Waals surface area contributed by atoms with Crippen molar-refractivity contribution in [1.29, 1.82) is 0 Å². The second kappa shape index (κ2) is 9.51. The Kier molecular flexibility index (Phi) is 7.00. The largest absolute Gasteiger partial charge is 0.452 e. The molecule has 0 saturated carbocycles. The summed E-state index contributed by atoms with van der Waals surface area (Å²) in [6, 6.07) is 11.3. The minimum absolute atomic E-state index is 0.0151. The molecular formula is C23H28N2O5S. The average Bonchev–Trinajstić information content (AvgIpc) is 2.73. The molecule has 8 heteroatoms. The Morgan fingerprint density at radius 3 is 2.52 bits per heavy atom. The number of nitrogens with zero attached hydrogens (tertiary/aromatic N) is 1. The fourth-order valence-electron chi connectivity index (χ4n) is 3.57. The Balaban J connectivity index is 1.70. The number of esters is 1. The number of carbonyl (C=O) groups is 2. The lowest BCUT2D eigenvalue weighted by molar-refractivity contribution is -0.136. The number of rotatable bonds is 6. The van der Waals surface area contributed by atoms with Crippen LogP contribution in [0, 0.1) is 19.8 Å². The van der Waals surface area contributed by atoms with Crippen molar-refractivity contribution in [2.45, 2.75) is 38.5 Å². The molecule has 7 nitrogen and oxygen atoms in total. The van der Waals surface area contributed by atoms with Crippen LogP contribution in [-0.2, 0) is 19.6 Å². The summed E-state index contributed by atoms with van der Waals surface area (Å²) in [6.07, 6.45) is 2.02. The van der Waals surface area contributed by atoms with Crippen LogP contribution in [0.4, 0.5) is 5.69 Å². The number of ether oxygens (including phenoxy) is 1. The molecule has 31 heavy (non-hydrogen) atoms. The standard InChI is InChI=1S/C23H28N2O5S/c1-16-6-10-20(11-7-16)24-31(28,29)21-13-19(9-8-18(21)3)23(27)30-15-22(26)25-12-4-5-17(2)14-25/h6-11,13,17,24H,4-5,12,14-15H2,1-3H3. The highest BCUT2D eigenvalue weighted by molar-refractivity contribution is 7.92. The lowest BCUT2D eigenvalue weighted by Crippen LogP contribution is -2.41. The van der Waals surface area contributed by atoms with Crippen molar-refractivity contribution in [2.75, 3.05) is 24.4 Å². The second-order valence-electron chi connectivity index (χ2n) is 8.12. The third-order valence-corrected chi connectivity index (χ3v) is 6.88. The van der Waals surface area contributed by atoms with Crippen molar-refractivity contribution < 1.29 is 22.7 Å². The van der Waals surface area contributed by atoms with Crippen molar-refractivity contribution in [3.63, 3.8) is 0 Å². The first-order valence-electron chi connectivity index (χ1n) is 10.3. The maximum absolute atomic E-state index is 12.9. The summed E-state index contributed by atoms with van der Waals surface area (Å²) in [4.78, 5) is 26.5. The topological polar surface area (TPSA) is 92.8 Å². The monoisotopic (exact) mass is 444 g/mol. The molecule has 1 aliphatic rings. The third kappa shape index (κ3) is 5.85. The minimum Gasteiger partial charge on any atom is -0.452 e. The van der Waals surface area contributed by atoms with Crippen molar-refractivity contribution in [2.24, 2.45) is 5.92 Å². The maximum Gasteiger partial charge on any atom is 0.338 e. The summed E-state index contributed by atoms with van der Waals surface area (Å²) in [5.41, 5.74) is 2.01. The van der Waals surface area contributed by atoms with Crippen molar-refractivity contribution in [3.8, 4) is 0 Å². The van der Waals surface area contributed by atoms with E-state index in [0.717, 1.165) is 18.4 Å². The Morgan fingerprint density at radius 1 is 1.13 bits per heavy atom. The summed E-state index contributed by atoms with van der Waals surface area (Å²) in [7, 11) is -3.90. The number of sulfonamides is 1. The van der Waals surface area contributed by atoms with Gasteiger partial charge in [0.2, 0.25) is 0 Å². The Labute approximate surface area is 183 Å². The molecule has 1 unspecified atom stereocenters. The first-order chi connectivity index (χ1) is 14.7. The van der Waals surface area contributed by atoms with Gasteiger partial charge in [0.05, 0.1) is 10.5 Å². The molecule has 3 rings (SSSR count). The van der Waals surface area contributed by atoms with Crippen LogP contribution >= 0.6 is 0 Å².